The number of nitrogens with zero attached hydrogens (tertiary/aromatic N) is 1. The summed E-state index contributed by atoms with van der Waals surface area (Å²) in [5.41, 5.74) is 4.98. The molecule has 0 unspecified atom stereocenters. The van der Waals surface area contributed by atoms with E-state index in [2.05, 4.69) is 11.1 Å². The molecule has 1 aromatic heterocycles. The van der Waals surface area contributed by atoms with Crippen LogP contribution in [-0.4, -0.2) is 13.4 Å². The number of benzene rings is 1. The molecule has 2 N–H and O–H groups in total. The minimum absolute atomic E-state index is 0.474. The lowest BCUT2D eigenvalue weighted by molar-refractivity contribution is 0.568. The molecule has 0 radical (unpaired) electrons. The van der Waals surface area contributed by atoms with Gasteiger partial charge in [0.05, 0.1) is 0 Å². The third-order valence-electron chi connectivity index (χ3n) is 4.03. The van der Waals surface area contributed by atoms with Crippen LogP contribution >= 0.6 is 0 Å². The fraction of sp³-hybridized carbons (Fsp3) is 0.235. The Hall–Kier alpha value is -2.05. The second kappa shape index (κ2) is 5.86. The maximum atomic E-state index is 14.1. The number of hydrogen-bond donors (Lipinski definition) is 1. The van der Waals surface area contributed by atoms with Crippen molar-refractivity contribution in [1.29, 1.82) is 0 Å². The number of halogens is 1. The van der Waals surface area contributed by atoms with Crippen molar-refractivity contribution >= 4 is 21.2 Å². The van der Waals surface area contributed by atoms with Gasteiger partial charge in [0, 0.05) is 12.4 Å². The first-order chi connectivity index (χ1) is 10.9. The number of aryl methyl sites for hydroxylation is 1. The van der Waals surface area contributed by atoms with Crippen LogP contribution in [0.15, 0.2) is 41.6 Å². The lowest BCUT2D eigenvalue weighted by Crippen LogP contribution is -2.14. The Morgan fingerprint density at radius 2 is 1.78 bits per heavy atom. The molecule has 23 heavy (non-hydrogen) atoms. The average molecular weight is 332 g/mol. The SMILES string of the molecule is Cc1cncc(C2=C(c3ccc(S(N)(=O)=O)c(F)c3)CCC2)c1. The molecule has 0 spiro atoms. The molecule has 2 aromatic rings. The van der Waals surface area contributed by atoms with E-state index in [1.165, 1.54) is 12.1 Å². The normalized spacial score (nSPS) is 15.3. The van der Waals surface area contributed by atoms with E-state index in [0.717, 1.165) is 41.5 Å². The van der Waals surface area contributed by atoms with Gasteiger partial charge in [0.2, 0.25) is 10.0 Å². The van der Waals surface area contributed by atoms with Gasteiger partial charge in [-0.1, -0.05) is 6.07 Å². The zero-order valence-electron chi connectivity index (χ0n) is 12.7. The minimum atomic E-state index is -4.05. The molecular weight excluding hydrogens is 315 g/mol. The van der Waals surface area contributed by atoms with Gasteiger partial charge in [-0.15, -0.1) is 0 Å². The monoisotopic (exact) mass is 332 g/mol. The zero-order chi connectivity index (χ0) is 16.6. The molecule has 1 heterocycles. The van der Waals surface area contributed by atoms with E-state index < -0.39 is 20.7 Å². The molecule has 0 saturated carbocycles. The summed E-state index contributed by atoms with van der Waals surface area (Å²) >= 11 is 0. The quantitative estimate of drug-likeness (QED) is 0.937. The van der Waals surface area contributed by atoms with Crippen molar-refractivity contribution in [3.8, 4) is 0 Å². The average Bonchev–Trinajstić information content (AvgIpc) is 2.95. The molecule has 0 fully saturated rings. The van der Waals surface area contributed by atoms with Crippen LogP contribution < -0.4 is 5.14 Å². The Labute approximate surface area is 134 Å². The molecule has 1 aromatic carbocycles. The van der Waals surface area contributed by atoms with Crippen molar-refractivity contribution in [2.75, 3.05) is 0 Å². The van der Waals surface area contributed by atoms with Gasteiger partial charge in [0.25, 0.3) is 0 Å². The first-order valence-corrected chi connectivity index (χ1v) is 8.87. The molecule has 6 heteroatoms. The van der Waals surface area contributed by atoms with E-state index in [1.54, 1.807) is 12.3 Å². The van der Waals surface area contributed by atoms with Gasteiger partial charge in [-0.25, -0.2) is 17.9 Å². The van der Waals surface area contributed by atoms with Crippen molar-refractivity contribution in [2.24, 2.45) is 5.14 Å². The largest absolute Gasteiger partial charge is 0.264 e. The van der Waals surface area contributed by atoms with Crippen molar-refractivity contribution in [3.05, 3.63) is 59.2 Å². The Balaban J connectivity index is 2.10. The molecule has 3 rings (SSSR count). The highest BCUT2D eigenvalue weighted by Gasteiger charge is 2.21. The number of sulfonamides is 1. The Kier molecular flexibility index (Phi) is 4.04. The zero-order valence-corrected chi connectivity index (χ0v) is 13.5. The molecule has 1 aliphatic rings. The molecular formula is C17H17FN2O2S. The predicted molar refractivity (Wildman–Crippen MR) is 87.4 cm³/mol. The van der Waals surface area contributed by atoms with Crippen LogP contribution in [0.4, 0.5) is 4.39 Å². The summed E-state index contributed by atoms with van der Waals surface area (Å²) in [5, 5.41) is 5.01. The summed E-state index contributed by atoms with van der Waals surface area (Å²) < 4.78 is 36.8. The highest BCUT2D eigenvalue weighted by molar-refractivity contribution is 7.89. The lowest BCUT2D eigenvalue weighted by Gasteiger charge is -2.10. The summed E-state index contributed by atoms with van der Waals surface area (Å²) in [6, 6.07) is 6.16. The van der Waals surface area contributed by atoms with Gasteiger partial charge < -0.3 is 0 Å². The summed E-state index contributed by atoms with van der Waals surface area (Å²) in [7, 11) is -4.05. The Morgan fingerprint density at radius 1 is 1.09 bits per heavy atom. The van der Waals surface area contributed by atoms with Crippen molar-refractivity contribution < 1.29 is 12.8 Å². The van der Waals surface area contributed by atoms with Crippen LogP contribution in [0.2, 0.25) is 0 Å². The van der Waals surface area contributed by atoms with Crippen LogP contribution in [0.1, 0.15) is 36.0 Å². The standard InChI is InChI=1S/C17H17FN2O2S/c1-11-7-13(10-20-9-11)15-4-2-3-14(15)12-5-6-17(16(18)8-12)23(19,21)22/h5-10H,2-4H2,1H3,(H2,19,21,22). The first kappa shape index (κ1) is 15.8. The fourth-order valence-corrected chi connectivity index (χ4v) is 3.61. The maximum Gasteiger partial charge on any atom is 0.240 e. The molecule has 0 bridgehead atoms. The molecule has 0 saturated heterocycles. The highest BCUT2D eigenvalue weighted by atomic mass is 32.2. The molecule has 0 aliphatic heterocycles. The van der Waals surface area contributed by atoms with Crippen molar-refractivity contribution in [2.45, 2.75) is 31.1 Å². The van der Waals surface area contributed by atoms with Gasteiger partial charge >= 0.3 is 0 Å². The Bertz CT molecular complexity index is 905. The van der Waals surface area contributed by atoms with Crippen LogP contribution in [0.5, 0.6) is 0 Å². The Morgan fingerprint density at radius 3 is 2.39 bits per heavy atom. The summed E-state index contributed by atoms with van der Waals surface area (Å²) in [6.07, 6.45) is 6.32. The topological polar surface area (TPSA) is 73.0 Å². The fourth-order valence-electron chi connectivity index (χ4n) is 3.02. The maximum absolute atomic E-state index is 14.1. The van der Waals surface area contributed by atoms with Gasteiger partial charge in [-0.05, 0) is 72.2 Å². The van der Waals surface area contributed by atoms with Gasteiger partial charge in [0.15, 0.2) is 0 Å². The number of nitrogens with two attached hydrogens (primary N) is 1. The van der Waals surface area contributed by atoms with Crippen LogP contribution in [0, 0.1) is 12.7 Å². The number of hydrogen-bond acceptors (Lipinski definition) is 3. The number of aromatic nitrogens is 1. The number of allylic oxidation sites excluding steroid dienone is 2. The minimum Gasteiger partial charge on any atom is -0.264 e. The second-order valence-corrected chi connectivity index (χ2v) is 7.28. The van der Waals surface area contributed by atoms with Crippen LogP contribution in [0.25, 0.3) is 11.1 Å². The predicted octanol–water partition coefficient (Wildman–Crippen LogP) is 3.27. The molecule has 4 nitrogen and oxygen atoms in total. The number of rotatable bonds is 3. The van der Waals surface area contributed by atoms with E-state index >= 15 is 0 Å². The smallest absolute Gasteiger partial charge is 0.240 e. The summed E-state index contributed by atoms with van der Waals surface area (Å²) in [6.45, 7) is 1.98. The highest BCUT2D eigenvalue weighted by Crippen LogP contribution is 2.40. The van der Waals surface area contributed by atoms with Gasteiger partial charge in [0.1, 0.15) is 10.7 Å². The molecule has 120 valence electrons. The number of primary sulfonamides is 1. The first-order valence-electron chi connectivity index (χ1n) is 7.33. The van der Waals surface area contributed by atoms with Gasteiger partial charge in [-0.2, -0.15) is 0 Å². The summed E-state index contributed by atoms with van der Waals surface area (Å²) in [5.74, 6) is -0.814. The lowest BCUT2D eigenvalue weighted by atomic mass is 9.97. The third kappa shape index (κ3) is 3.18. The van der Waals surface area contributed by atoms with E-state index in [4.69, 9.17) is 5.14 Å². The van der Waals surface area contributed by atoms with E-state index in [0.29, 0.717) is 5.56 Å². The second-order valence-electron chi connectivity index (χ2n) is 5.75. The van der Waals surface area contributed by atoms with Crippen LogP contribution in [-0.2, 0) is 10.0 Å². The van der Waals surface area contributed by atoms with Crippen molar-refractivity contribution in [1.82, 2.24) is 4.98 Å². The van der Waals surface area contributed by atoms with E-state index in [1.807, 2.05) is 13.1 Å². The summed E-state index contributed by atoms with van der Waals surface area (Å²) in [4.78, 5) is 3.74. The molecule has 0 atom stereocenters. The van der Waals surface area contributed by atoms with Gasteiger partial charge in [-0.3, -0.25) is 4.98 Å². The third-order valence-corrected chi connectivity index (χ3v) is 4.97. The van der Waals surface area contributed by atoms with Crippen LogP contribution in [0.3, 0.4) is 0 Å². The number of pyridine rings is 1. The molecule has 1 aliphatic carbocycles. The van der Waals surface area contributed by atoms with E-state index in [9.17, 15) is 12.8 Å². The molecule has 0 amide bonds. The van der Waals surface area contributed by atoms with E-state index in [-0.39, 0.29) is 0 Å². The van der Waals surface area contributed by atoms with Crippen molar-refractivity contribution in [3.63, 3.8) is 0 Å².